The van der Waals surface area contributed by atoms with Crippen molar-refractivity contribution in [2.24, 2.45) is 5.92 Å². The summed E-state index contributed by atoms with van der Waals surface area (Å²) in [4.78, 5) is 0. The molecule has 0 spiro atoms. The standard InChI is InChI=1S/C10H10BrClO/c1-5-4-6-8(12)3-2-7(11)9(6)10(5)13/h2-3,5,10,13H,4H2,1H3. The molecule has 0 bridgehead atoms. The van der Waals surface area contributed by atoms with E-state index in [0.29, 0.717) is 0 Å². The molecule has 0 fully saturated rings. The van der Waals surface area contributed by atoms with Crippen LogP contribution in [0.4, 0.5) is 0 Å². The molecule has 1 aliphatic carbocycles. The molecule has 0 radical (unpaired) electrons. The maximum Gasteiger partial charge on any atom is 0.0832 e. The van der Waals surface area contributed by atoms with Gasteiger partial charge in [0.2, 0.25) is 0 Å². The van der Waals surface area contributed by atoms with Gasteiger partial charge in [0.25, 0.3) is 0 Å². The maximum atomic E-state index is 9.87. The minimum Gasteiger partial charge on any atom is -0.388 e. The third-order valence-corrected chi connectivity index (χ3v) is 3.65. The fraction of sp³-hybridized carbons (Fsp3) is 0.400. The van der Waals surface area contributed by atoms with Crippen LogP contribution in [-0.4, -0.2) is 5.11 Å². The molecule has 2 unspecified atom stereocenters. The van der Waals surface area contributed by atoms with E-state index in [4.69, 9.17) is 11.6 Å². The normalized spacial score (nSPS) is 26.2. The monoisotopic (exact) mass is 260 g/mol. The van der Waals surface area contributed by atoms with Gasteiger partial charge < -0.3 is 5.11 Å². The van der Waals surface area contributed by atoms with Gasteiger partial charge in [-0.2, -0.15) is 0 Å². The molecule has 1 aliphatic rings. The molecule has 0 aromatic heterocycles. The molecule has 1 nitrogen and oxygen atoms in total. The SMILES string of the molecule is CC1Cc2c(Cl)ccc(Br)c2C1O. The van der Waals surface area contributed by atoms with Crippen LogP contribution in [0.25, 0.3) is 0 Å². The number of hydrogen-bond acceptors (Lipinski definition) is 1. The van der Waals surface area contributed by atoms with E-state index < -0.39 is 0 Å². The lowest BCUT2D eigenvalue weighted by atomic mass is 10.1. The highest BCUT2D eigenvalue weighted by Crippen LogP contribution is 2.42. The summed E-state index contributed by atoms with van der Waals surface area (Å²) < 4.78 is 0.962. The molecule has 3 heteroatoms. The average Bonchev–Trinajstić information content (AvgIpc) is 2.38. The van der Waals surface area contributed by atoms with E-state index in [1.54, 1.807) is 0 Å². The highest BCUT2D eigenvalue weighted by Gasteiger charge is 2.30. The molecular formula is C10H10BrClO. The molecule has 1 N–H and O–H groups in total. The number of rotatable bonds is 0. The Kier molecular flexibility index (Phi) is 2.39. The van der Waals surface area contributed by atoms with Gasteiger partial charge >= 0.3 is 0 Å². The minimum absolute atomic E-state index is 0.270. The van der Waals surface area contributed by atoms with Crippen molar-refractivity contribution < 1.29 is 5.11 Å². The number of aliphatic hydroxyl groups is 1. The predicted octanol–water partition coefficient (Wildman–Crippen LogP) is 3.33. The first-order chi connectivity index (χ1) is 6.11. The molecule has 0 aliphatic heterocycles. The summed E-state index contributed by atoms with van der Waals surface area (Å²) in [5, 5.41) is 10.6. The Labute approximate surface area is 90.9 Å². The third-order valence-electron chi connectivity index (χ3n) is 2.61. The number of aliphatic hydroxyl groups excluding tert-OH is 1. The third kappa shape index (κ3) is 1.41. The molecule has 2 rings (SSSR count). The first-order valence-electron chi connectivity index (χ1n) is 4.26. The first kappa shape index (κ1) is 9.50. The summed E-state index contributed by atoms with van der Waals surface area (Å²) >= 11 is 9.47. The highest BCUT2D eigenvalue weighted by molar-refractivity contribution is 9.10. The van der Waals surface area contributed by atoms with Crippen molar-refractivity contribution in [1.29, 1.82) is 0 Å². The lowest BCUT2D eigenvalue weighted by molar-refractivity contribution is 0.132. The molecule has 0 amide bonds. The van der Waals surface area contributed by atoms with Crippen molar-refractivity contribution in [3.63, 3.8) is 0 Å². The predicted molar refractivity (Wildman–Crippen MR) is 57.0 cm³/mol. The zero-order valence-electron chi connectivity index (χ0n) is 7.22. The van der Waals surface area contributed by atoms with E-state index in [9.17, 15) is 5.11 Å². The van der Waals surface area contributed by atoms with Gasteiger partial charge in [-0.3, -0.25) is 0 Å². The van der Waals surface area contributed by atoms with E-state index in [2.05, 4.69) is 15.9 Å². The van der Waals surface area contributed by atoms with E-state index >= 15 is 0 Å². The Morgan fingerprint density at radius 2 is 2.23 bits per heavy atom. The number of benzene rings is 1. The Morgan fingerprint density at radius 3 is 2.85 bits per heavy atom. The lowest BCUT2D eigenvalue weighted by Gasteiger charge is -2.10. The van der Waals surface area contributed by atoms with Gasteiger partial charge in [-0.05, 0) is 35.6 Å². The van der Waals surface area contributed by atoms with Crippen LogP contribution in [0.3, 0.4) is 0 Å². The summed E-state index contributed by atoms with van der Waals surface area (Å²) in [6.45, 7) is 2.04. The van der Waals surface area contributed by atoms with Crippen LogP contribution in [0.5, 0.6) is 0 Å². The van der Waals surface area contributed by atoms with E-state index in [-0.39, 0.29) is 12.0 Å². The zero-order chi connectivity index (χ0) is 9.59. The van der Waals surface area contributed by atoms with Crippen molar-refractivity contribution in [3.05, 3.63) is 32.8 Å². The second kappa shape index (κ2) is 3.26. The van der Waals surface area contributed by atoms with Crippen LogP contribution in [0.2, 0.25) is 5.02 Å². The largest absolute Gasteiger partial charge is 0.388 e. The van der Waals surface area contributed by atoms with Crippen LogP contribution in [0.15, 0.2) is 16.6 Å². The number of fused-ring (bicyclic) bond motifs is 1. The molecule has 1 aromatic carbocycles. The average molecular weight is 262 g/mol. The Hall–Kier alpha value is -0.0500. The molecule has 2 atom stereocenters. The smallest absolute Gasteiger partial charge is 0.0832 e. The fourth-order valence-electron chi connectivity index (χ4n) is 1.85. The van der Waals surface area contributed by atoms with Gasteiger partial charge in [-0.15, -0.1) is 0 Å². The second-order valence-electron chi connectivity index (χ2n) is 3.55. The van der Waals surface area contributed by atoms with Crippen molar-refractivity contribution in [3.8, 4) is 0 Å². The van der Waals surface area contributed by atoms with Gasteiger partial charge in [-0.1, -0.05) is 34.5 Å². The Morgan fingerprint density at radius 1 is 1.54 bits per heavy atom. The number of hydrogen-bond donors (Lipinski definition) is 1. The molecule has 0 saturated heterocycles. The van der Waals surface area contributed by atoms with Crippen LogP contribution in [0, 0.1) is 5.92 Å². The molecule has 13 heavy (non-hydrogen) atoms. The van der Waals surface area contributed by atoms with Crippen LogP contribution < -0.4 is 0 Å². The van der Waals surface area contributed by atoms with Crippen LogP contribution >= 0.6 is 27.5 Å². The lowest BCUT2D eigenvalue weighted by Crippen LogP contribution is -2.01. The number of halogens is 2. The van der Waals surface area contributed by atoms with Crippen LogP contribution in [0.1, 0.15) is 24.2 Å². The Bertz CT molecular complexity index is 351. The summed E-state index contributed by atoms with van der Waals surface area (Å²) in [7, 11) is 0. The van der Waals surface area contributed by atoms with Crippen molar-refractivity contribution in [2.75, 3.05) is 0 Å². The van der Waals surface area contributed by atoms with Crippen molar-refractivity contribution in [1.82, 2.24) is 0 Å². The summed E-state index contributed by atoms with van der Waals surface area (Å²) in [5.74, 6) is 0.270. The first-order valence-corrected chi connectivity index (χ1v) is 5.43. The molecule has 70 valence electrons. The quantitative estimate of drug-likeness (QED) is 0.759. The molecule has 0 heterocycles. The summed E-state index contributed by atoms with van der Waals surface area (Å²) in [5.41, 5.74) is 2.07. The van der Waals surface area contributed by atoms with E-state index in [1.165, 1.54) is 0 Å². The molecular weight excluding hydrogens is 251 g/mol. The zero-order valence-corrected chi connectivity index (χ0v) is 9.56. The van der Waals surface area contributed by atoms with Crippen LogP contribution in [-0.2, 0) is 6.42 Å². The van der Waals surface area contributed by atoms with E-state index in [0.717, 1.165) is 27.0 Å². The molecule has 1 aromatic rings. The minimum atomic E-state index is -0.372. The topological polar surface area (TPSA) is 20.2 Å². The van der Waals surface area contributed by atoms with Crippen molar-refractivity contribution in [2.45, 2.75) is 19.4 Å². The van der Waals surface area contributed by atoms with Gasteiger partial charge in [0.1, 0.15) is 0 Å². The van der Waals surface area contributed by atoms with Gasteiger partial charge in [0.15, 0.2) is 0 Å². The van der Waals surface area contributed by atoms with Crippen molar-refractivity contribution >= 4 is 27.5 Å². The fourth-order valence-corrected chi connectivity index (χ4v) is 2.70. The van der Waals surface area contributed by atoms with Gasteiger partial charge in [-0.25, -0.2) is 0 Å². The molecule has 0 saturated carbocycles. The summed E-state index contributed by atoms with van der Waals surface area (Å²) in [6, 6.07) is 3.76. The summed E-state index contributed by atoms with van der Waals surface area (Å²) in [6.07, 6.45) is 0.498. The Balaban J connectivity index is 2.61. The van der Waals surface area contributed by atoms with Gasteiger partial charge in [0, 0.05) is 9.50 Å². The maximum absolute atomic E-state index is 9.87. The van der Waals surface area contributed by atoms with Gasteiger partial charge in [0.05, 0.1) is 6.10 Å². The van der Waals surface area contributed by atoms with E-state index in [1.807, 2.05) is 19.1 Å². The highest BCUT2D eigenvalue weighted by atomic mass is 79.9. The second-order valence-corrected chi connectivity index (χ2v) is 4.81.